The first kappa shape index (κ1) is 18.7. The second-order valence-electron chi connectivity index (χ2n) is 7.59. The van der Waals surface area contributed by atoms with Crippen LogP contribution in [0.15, 0.2) is 40.9 Å². The van der Waals surface area contributed by atoms with E-state index < -0.39 is 0 Å². The molecule has 0 spiro atoms. The van der Waals surface area contributed by atoms with E-state index >= 15 is 0 Å². The summed E-state index contributed by atoms with van der Waals surface area (Å²) in [5, 5.41) is 9.54. The van der Waals surface area contributed by atoms with E-state index in [9.17, 15) is 9.65 Å². The zero-order chi connectivity index (χ0) is 19.1. The van der Waals surface area contributed by atoms with Crippen LogP contribution in [0.25, 0.3) is 11.6 Å². The fourth-order valence-corrected chi connectivity index (χ4v) is 3.94. The monoisotopic (exact) mass is 412 g/mol. The molecule has 4 heteroatoms. The fraction of sp³-hybridized carbons (Fsp3) is 0.318. The third-order valence-electron chi connectivity index (χ3n) is 5.33. The molecule has 0 aromatic heterocycles. The van der Waals surface area contributed by atoms with Crippen LogP contribution < -0.4 is 4.90 Å². The molecule has 0 aliphatic carbocycles. The highest BCUT2D eigenvalue weighted by Gasteiger charge is 2.34. The molecule has 0 saturated heterocycles. The molecule has 26 heavy (non-hydrogen) atoms. The van der Waals surface area contributed by atoms with Crippen molar-refractivity contribution < 1.29 is 4.39 Å². The van der Waals surface area contributed by atoms with E-state index in [4.69, 9.17) is 0 Å². The van der Waals surface area contributed by atoms with Crippen LogP contribution in [-0.4, -0.2) is 12.6 Å². The number of nitrogens with zero attached hydrogens (tertiary/aromatic N) is 2. The van der Waals surface area contributed by atoms with E-state index in [0.717, 1.165) is 27.7 Å². The Balaban J connectivity index is 2.08. The van der Waals surface area contributed by atoms with Crippen LogP contribution in [-0.2, 0) is 0 Å². The molecule has 1 unspecified atom stereocenters. The van der Waals surface area contributed by atoms with Crippen molar-refractivity contribution in [1.82, 2.24) is 0 Å². The van der Waals surface area contributed by atoms with Crippen LogP contribution in [0.5, 0.6) is 0 Å². The summed E-state index contributed by atoms with van der Waals surface area (Å²) >= 11 is 3.39. The third kappa shape index (κ3) is 3.41. The molecule has 3 rings (SSSR count). The first-order valence-electron chi connectivity index (χ1n) is 8.68. The molecule has 1 aliphatic rings. The molecular weight excluding hydrogens is 391 g/mol. The van der Waals surface area contributed by atoms with Crippen molar-refractivity contribution in [3.63, 3.8) is 0 Å². The summed E-state index contributed by atoms with van der Waals surface area (Å²) in [4.78, 5) is 2.15. The minimum Gasteiger partial charge on any atom is -0.369 e. The number of hydrogen-bond donors (Lipinski definition) is 0. The van der Waals surface area contributed by atoms with Gasteiger partial charge in [0.25, 0.3) is 0 Å². The highest BCUT2D eigenvalue weighted by molar-refractivity contribution is 9.10. The van der Waals surface area contributed by atoms with Crippen LogP contribution in [0.3, 0.4) is 0 Å². The molecule has 1 aliphatic heterocycles. The maximum absolute atomic E-state index is 14.8. The Labute approximate surface area is 163 Å². The van der Waals surface area contributed by atoms with Gasteiger partial charge in [-0.15, -0.1) is 0 Å². The normalized spacial score (nSPS) is 19.0. The lowest BCUT2D eigenvalue weighted by molar-refractivity contribution is 0.394. The summed E-state index contributed by atoms with van der Waals surface area (Å²) in [6, 6.07) is 13.2. The minimum atomic E-state index is -0.301. The maximum atomic E-state index is 14.8. The van der Waals surface area contributed by atoms with Crippen LogP contribution in [0, 0.1) is 17.1 Å². The largest absolute Gasteiger partial charge is 0.369 e. The van der Waals surface area contributed by atoms with Crippen LogP contribution in [0.1, 0.15) is 49.8 Å². The molecule has 2 nitrogen and oxygen atoms in total. The quantitative estimate of drug-likeness (QED) is 0.422. The van der Waals surface area contributed by atoms with Gasteiger partial charge in [-0.05, 0) is 67.7 Å². The van der Waals surface area contributed by atoms with E-state index in [-0.39, 0.29) is 11.4 Å². The molecule has 1 heterocycles. The van der Waals surface area contributed by atoms with Gasteiger partial charge in [0.2, 0.25) is 0 Å². The number of fused-ring (bicyclic) bond motifs is 1. The average molecular weight is 413 g/mol. The van der Waals surface area contributed by atoms with E-state index in [0.29, 0.717) is 17.1 Å². The summed E-state index contributed by atoms with van der Waals surface area (Å²) < 4.78 is 15.8. The molecule has 1 atom stereocenters. The summed E-state index contributed by atoms with van der Waals surface area (Å²) in [7, 11) is 2.02. The molecular formula is C22H22BrFN2. The number of hydrogen-bond acceptors (Lipinski definition) is 2. The first-order valence-corrected chi connectivity index (χ1v) is 9.47. The lowest BCUT2D eigenvalue weighted by Gasteiger charge is -2.45. The topological polar surface area (TPSA) is 27.0 Å². The summed E-state index contributed by atoms with van der Waals surface area (Å²) in [5.41, 5.74) is 3.75. The minimum absolute atomic E-state index is 0.00848. The number of anilines is 1. The predicted octanol–water partition coefficient (Wildman–Crippen LogP) is 6.37. The molecule has 2 aromatic carbocycles. The molecule has 0 N–H and O–H groups in total. The number of halogens is 2. The Morgan fingerprint density at radius 1 is 1.31 bits per heavy atom. The van der Waals surface area contributed by atoms with Gasteiger partial charge in [0.15, 0.2) is 0 Å². The highest BCUT2D eigenvalue weighted by atomic mass is 79.9. The Morgan fingerprint density at radius 2 is 1.96 bits per heavy atom. The van der Waals surface area contributed by atoms with Crippen molar-refractivity contribution in [3.05, 3.63) is 63.4 Å². The number of nitriles is 1. The lowest BCUT2D eigenvalue weighted by atomic mass is 9.80. The van der Waals surface area contributed by atoms with Crippen molar-refractivity contribution in [2.45, 2.75) is 38.6 Å². The van der Waals surface area contributed by atoms with E-state index in [1.807, 2.05) is 37.4 Å². The van der Waals surface area contributed by atoms with Crippen molar-refractivity contribution in [1.29, 1.82) is 5.26 Å². The Morgan fingerprint density at radius 3 is 2.58 bits per heavy atom. The van der Waals surface area contributed by atoms with Crippen molar-refractivity contribution >= 4 is 33.3 Å². The van der Waals surface area contributed by atoms with Crippen molar-refractivity contribution in [3.8, 4) is 6.07 Å². The van der Waals surface area contributed by atoms with E-state index in [1.165, 1.54) is 0 Å². The van der Waals surface area contributed by atoms with Gasteiger partial charge in [-0.2, -0.15) is 5.26 Å². The Bertz CT molecular complexity index is 907. The predicted molar refractivity (Wildman–Crippen MR) is 110 cm³/mol. The van der Waals surface area contributed by atoms with Gasteiger partial charge in [0.05, 0.1) is 11.6 Å². The zero-order valence-corrected chi connectivity index (χ0v) is 17.1. The van der Waals surface area contributed by atoms with Crippen LogP contribution in [0.4, 0.5) is 10.1 Å². The summed E-state index contributed by atoms with van der Waals surface area (Å²) in [6.07, 6.45) is 2.65. The van der Waals surface area contributed by atoms with Gasteiger partial charge >= 0.3 is 0 Å². The van der Waals surface area contributed by atoms with Crippen LogP contribution in [0.2, 0.25) is 0 Å². The second kappa shape index (κ2) is 6.89. The molecule has 0 amide bonds. The van der Waals surface area contributed by atoms with Gasteiger partial charge < -0.3 is 4.90 Å². The zero-order valence-electron chi connectivity index (χ0n) is 15.5. The third-order valence-corrected chi connectivity index (χ3v) is 5.86. The van der Waals surface area contributed by atoms with Crippen molar-refractivity contribution in [2.24, 2.45) is 0 Å². The molecule has 0 saturated carbocycles. The number of rotatable bonds is 2. The molecule has 0 fully saturated rings. The standard InChI is InChI=1S/C22H22BrFN2/c1-14-12-22(2,3)26(4)21-11-20(24)16(10-19(14)21)9-17(13-25)15-5-7-18(23)8-6-15/h5-11,14H,12H2,1-4H3/b17-9+. The fourth-order valence-electron chi connectivity index (χ4n) is 3.68. The number of benzene rings is 2. The average Bonchev–Trinajstić information content (AvgIpc) is 2.59. The van der Waals surface area contributed by atoms with Gasteiger partial charge in [-0.25, -0.2) is 4.39 Å². The Hall–Kier alpha value is -2.12. The smallest absolute Gasteiger partial charge is 0.132 e. The second-order valence-corrected chi connectivity index (χ2v) is 8.50. The molecule has 134 valence electrons. The van der Waals surface area contributed by atoms with Gasteiger partial charge in [0.1, 0.15) is 5.82 Å². The summed E-state index contributed by atoms with van der Waals surface area (Å²) in [5.74, 6) is 0.0347. The van der Waals surface area contributed by atoms with Gasteiger partial charge in [-0.1, -0.05) is 35.0 Å². The molecule has 0 bridgehead atoms. The van der Waals surface area contributed by atoms with Crippen LogP contribution >= 0.6 is 15.9 Å². The van der Waals surface area contributed by atoms with Gasteiger partial charge in [-0.3, -0.25) is 0 Å². The first-order chi connectivity index (χ1) is 12.2. The molecule has 2 aromatic rings. The Kier molecular flexibility index (Phi) is 4.94. The van der Waals surface area contributed by atoms with E-state index in [1.54, 1.807) is 12.1 Å². The van der Waals surface area contributed by atoms with E-state index in [2.05, 4.69) is 47.7 Å². The van der Waals surface area contributed by atoms with Crippen molar-refractivity contribution in [2.75, 3.05) is 11.9 Å². The summed E-state index contributed by atoms with van der Waals surface area (Å²) in [6.45, 7) is 6.54. The SMILES string of the molecule is CC1CC(C)(C)N(C)c2cc(F)c(/C=C(\C#N)c3ccc(Br)cc3)cc21. The molecule has 0 radical (unpaired) electrons. The highest BCUT2D eigenvalue weighted by Crippen LogP contribution is 2.43. The maximum Gasteiger partial charge on any atom is 0.132 e. The van der Waals surface area contributed by atoms with Gasteiger partial charge in [0, 0.05) is 28.3 Å². The number of allylic oxidation sites excluding steroid dienone is 1. The lowest BCUT2D eigenvalue weighted by Crippen LogP contribution is -2.45.